The van der Waals surface area contributed by atoms with Crippen LogP contribution in [-0.4, -0.2) is 36.9 Å². The van der Waals surface area contributed by atoms with Gasteiger partial charge in [-0.3, -0.25) is 9.59 Å². The molecule has 0 radical (unpaired) electrons. The fourth-order valence-electron chi connectivity index (χ4n) is 4.93. The smallest absolute Gasteiger partial charge is 0.310 e. The normalized spacial score (nSPS) is 48.1. The van der Waals surface area contributed by atoms with E-state index in [0.29, 0.717) is 13.2 Å². The molecule has 1 spiro atoms. The van der Waals surface area contributed by atoms with E-state index in [-0.39, 0.29) is 35.6 Å². The van der Waals surface area contributed by atoms with Gasteiger partial charge in [-0.25, -0.2) is 0 Å². The minimum atomic E-state index is -0.639. The average molecular weight is 294 g/mol. The van der Waals surface area contributed by atoms with Gasteiger partial charge in [0.05, 0.1) is 24.5 Å². The van der Waals surface area contributed by atoms with E-state index in [1.165, 1.54) is 0 Å². The second-order valence-corrected chi connectivity index (χ2v) is 7.23. The monoisotopic (exact) mass is 294 g/mol. The predicted octanol–water partition coefficient (Wildman–Crippen LogP) is 1.69. The standard InChI is InChI=1S/C16H22O5/c1-9-15(2)12(14(18)21-9)7-10-8-16(19-5-6-20-16)4-3-11(10)13(15)17/h9-12H,3-8H2,1-2H3. The highest BCUT2D eigenvalue weighted by Gasteiger charge is 2.64. The van der Waals surface area contributed by atoms with Crippen molar-refractivity contribution in [2.24, 2.45) is 23.2 Å². The predicted molar refractivity (Wildman–Crippen MR) is 72.2 cm³/mol. The van der Waals surface area contributed by atoms with Crippen LogP contribution in [0.2, 0.25) is 0 Å². The van der Waals surface area contributed by atoms with Crippen LogP contribution in [0.5, 0.6) is 0 Å². The van der Waals surface area contributed by atoms with Crippen molar-refractivity contribution < 1.29 is 23.8 Å². The van der Waals surface area contributed by atoms with Crippen LogP contribution in [0.1, 0.15) is 39.5 Å². The lowest BCUT2D eigenvalue weighted by Gasteiger charge is -2.48. The van der Waals surface area contributed by atoms with Crippen molar-refractivity contribution >= 4 is 11.8 Å². The SMILES string of the molecule is CC1OC(=O)C2CC3CC4(CCC3C(=O)C12C)OCCO4. The van der Waals surface area contributed by atoms with Gasteiger partial charge in [-0.1, -0.05) is 0 Å². The summed E-state index contributed by atoms with van der Waals surface area (Å²) in [6, 6.07) is 0. The largest absolute Gasteiger partial charge is 0.461 e. The van der Waals surface area contributed by atoms with Gasteiger partial charge >= 0.3 is 5.97 Å². The summed E-state index contributed by atoms with van der Waals surface area (Å²) >= 11 is 0. The number of hydrogen-bond donors (Lipinski definition) is 0. The van der Waals surface area contributed by atoms with Crippen molar-refractivity contribution in [2.75, 3.05) is 13.2 Å². The lowest BCUT2D eigenvalue weighted by atomic mass is 9.55. The van der Waals surface area contributed by atoms with Crippen molar-refractivity contribution in [3.8, 4) is 0 Å². The van der Waals surface area contributed by atoms with Gasteiger partial charge in [-0.15, -0.1) is 0 Å². The third-order valence-electron chi connectivity index (χ3n) is 6.34. The molecule has 0 aromatic rings. The van der Waals surface area contributed by atoms with Gasteiger partial charge < -0.3 is 14.2 Å². The second kappa shape index (κ2) is 4.29. The molecule has 2 heterocycles. The van der Waals surface area contributed by atoms with Gasteiger partial charge in [-0.05, 0) is 32.6 Å². The maximum atomic E-state index is 13.0. The van der Waals surface area contributed by atoms with Gasteiger partial charge in [0.2, 0.25) is 0 Å². The first-order chi connectivity index (χ1) is 9.96. The Bertz CT molecular complexity index is 495. The molecule has 2 aliphatic carbocycles. The van der Waals surface area contributed by atoms with E-state index < -0.39 is 11.2 Å². The molecule has 5 nitrogen and oxygen atoms in total. The highest BCUT2D eigenvalue weighted by molar-refractivity contribution is 5.95. The van der Waals surface area contributed by atoms with E-state index in [1.807, 2.05) is 13.8 Å². The number of rotatable bonds is 0. The molecule has 2 aliphatic heterocycles. The van der Waals surface area contributed by atoms with Crippen molar-refractivity contribution in [3.63, 3.8) is 0 Å². The molecule has 4 fully saturated rings. The number of ketones is 1. The zero-order chi connectivity index (χ0) is 14.8. The second-order valence-electron chi connectivity index (χ2n) is 7.23. The average Bonchev–Trinajstić information content (AvgIpc) is 2.98. The molecular formula is C16H22O5. The summed E-state index contributed by atoms with van der Waals surface area (Å²) in [5.41, 5.74) is -0.639. The number of carbonyl (C=O) groups is 2. The van der Waals surface area contributed by atoms with Crippen LogP contribution in [0.4, 0.5) is 0 Å². The Kier molecular flexibility index (Phi) is 2.80. The number of hydrogen-bond acceptors (Lipinski definition) is 5. The summed E-state index contributed by atoms with van der Waals surface area (Å²) in [6.45, 7) is 5.03. The lowest BCUT2D eigenvalue weighted by Crippen LogP contribution is -2.54. The molecule has 5 unspecified atom stereocenters. The Labute approximate surface area is 124 Å². The molecule has 116 valence electrons. The quantitative estimate of drug-likeness (QED) is 0.636. The number of Topliss-reactive ketones (excluding diaryl/α,β-unsaturated/α-hetero) is 1. The van der Waals surface area contributed by atoms with Gasteiger partial charge in [0.15, 0.2) is 5.79 Å². The summed E-state index contributed by atoms with van der Waals surface area (Å²) in [5.74, 6) is -0.567. The summed E-state index contributed by atoms with van der Waals surface area (Å²) in [7, 11) is 0. The van der Waals surface area contributed by atoms with Crippen LogP contribution in [0.3, 0.4) is 0 Å². The Hall–Kier alpha value is -0.940. The third kappa shape index (κ3) is 1.70. The first-order valence-electron chi connectivity index (χ1n) is 7.99. The molecular weight excluding hydrogens is 272 g/mol. The van der Waals surface area contributed by atoms with E-state index in [9.17, 15) is 9.59 Å². The van der Waals surface area contributed by atoms with E-state index >= 15 is 0 Å². The maximum Gasteiger partial charge on any atom is 0.310 e. The Morgan fingerprint density at radius 2 is 1.90 bits per heavy atom. The zero-order valence-corrected chi connectivity index (χ0v) is 12.6. The first-order valence-corrected chi connectivity index (χ1v) is 7.99. The highest BCUT2D eigenvalue weighted by atomic mass is 16.7. The van der Waals surface area contributed by atoms with Crippen molar-refractivity contribution in [3.05, 3.63) is 0 Å². The number of fused-ring (bicyclic) bond motifs is 2. The van der Waals surface area contributed by atoms with Crippen LogP contribution < -0.4 is 0 Å². The number of carbonyl (C=O) groups excluding carboxylic acids is 2. The van der Waals surface area contributed by atoms with Crippen molar-refractivity contribution in [2.45, 2.75) is 51.4 Å². The molecule has 5 heteroatoms. The van der Waals surface area contributed by atoms with Crippen molar-refractivity contribution in [1.29, 1.82) is 0 Å². The van der Waals surface area contributed by atoms with Gasteiger partial charge in [0.25, 0.3) is 0 Å². The molecule has 0 aromatic heterocycles. The van der Waals surface area contributed by atoms with E-state index in [1.54, 1.807) is 0 Å². The van der Waals surface area contributed by atoms with E-state index in [2.05, 4.69) is 0 Å². The minimum absolute atomic E-state index is 0.0293. The Morgan fingerprint density at radius 1 is 1.19 bits per heavy atom. The summed E-state index contributed by atoms with van der Waals surface area (Å²) in [4.78, 5) is 25.1. The Balaban J connectivity index is 1.64. The number of ether oxygens (including phenoxy) is 3. The van der Waals surface area contributed by atoms with Gasteiger partial charge in [-0.2, -0.15) is 0 Å². The van der Waals surface area contributed by atoms with Crippen LogP contribution in [0.15, 0.2) is 0 Å². The zero-order valence-electron chi connectivity index (χ0n) is 12.6. The molecule has 0 amide bonds. The lowest BCUT2D eigenvalue weighted by molar-refractivity contribution is -0.203. The van der Waals surface area contributed by atoms with E-state index in [0.717, 1.165) is 25.7 Å². The molecule has 5 atom stereocenters. The fraction of sp³-hybridized carbons (Fsp3) is 0.875. The molecule has 21 heavy (non-hydrogen) atoms. The fourth-order valence-corrected chi connectivity index (χ4v) is 4.93. The van der Waals surface area contributed by atoms with Crippen LogP contribution in [0.25, 0.3) is 0 Å². The molecule has 0 bridgehead atoms. The number of cyclic esters (lactones) is 1. The molecule has 0 N–H and O–H groups in total. The van der Waals surface area contributed by atoms with E-state index in [4.69, 9.17) is 14.2 Å². The van der Waals surface area contributed by atoms with Gasteiger partial charge in [0, 0.05) is 18.8 Å². The molecule has 2 saturated carbocycles. The molecule has 4 rings (SSSR count). The molecule has 4 aliphatic rings. The maximum absolute atomic E-state index is 13.0. The first kappa shape index (κ1) is 13.7. The number of esters is 1. The summed E-state index contributed by atoms with van der Waals surface area (Å²) < 4.78 is 17.0. The van der Waals surface area contributed by atoms with Crippen LogP contribution in [-0.2, 0) is 23.8 Å². The molecule has 0 aromatic carbocycles. The topological polar surface area (TPSA) is 61.8 Å². The minimum Gasteiger partial charge on any atom is -0.461 e. The highest BCUT2D eigenvalue weighted by Crippen LogP contribution is 2.56. The molecule has 2 saturated heterocycles. The van der Waals surface area contributed by atoms with Crippen LogP contribution >= 0.6 is 0 Å². The van der Waals surface area contributed by atoms with Gasteiger partial charge in [0.1, 0.15) is 11.9 Å². The third-order valence-corrected chi connectivity index (χ3v) is 6.34. The summed E-state index contributed by atoms with van der Waals surface area (Å²) in [6.07, 6.45) is 2.73. The van der Waals surface area contributed by atoms with Crippen LogP contribution in [0, 0.1) is 23.2 Å². The van der Waals surface area contributed by atoms with Crippen molar-refractivity contribution in [1.82, 2.24) is 0 Å². The Morgan fingerprint density at radius 3 is 2.62 bits per heavy atom. The summed E-state index contributed by atoms with van der Waals surface area (Å²) in [5, 5.41) is 0.